The Morgan fingerprint density at radius 1 is 1.18 bits per heavy atom. The highest BCUT2D eigenvalue weighted by molar-refractivity contribution is 5.39. The fraction of sp³-hybridized carbons (Fsp3) is 0.364. The summed E-state index contributed by atoms with van der Waals surface area (Å²) in [6.45, 7) is 2.87. The van der Waals surface area contributed by atoms with Crippen LogP contribution in [0.4, 0.5) is 17.8 Å². The number of hydrogen-bond donors (Lipinski definition) is 3. The molecule has 1 aromatic rings. The molecule has 5 N–H and O–H groups in total. The fourth-order valence-corrected chi connectivity index (χ4v) is 1.77. The van der Waals surface area contributed by atoms with E-state index in [2.05, 4.69) is 39.3 Å². The van der Waals surface area contributed by atoms with Gasteiger partial charge in [0.05, 0.1) is 0 Å². The summed E-state index contributed by atoms with van der Waals surface area (Å²) in [6, 6.07) is 0. The van der Waals surface area contributed by atoms with Gasteiger partial charge in [-0.3, -0.25) is 0 Å². The summed E-state index contributed by atoms with van der Waals surface area (Å²) in [5, 5.41) is 3.08. The van der Waals surface area contributed by atoms with Gasteiger partial charge in [-0.05, 0) is 25.3 Å². The van der Waals surface area contributed by atoms with Crippen LogP contribution < -0.4 is 16.8 Å². The Morgan fingerprint density at radius 2 is 1.88 bits per heavy atom. The van der Waals surface area contributed by atoms with Crippen molar-refractivity contribution in [3.05, 3.63) is 23.3 Å². The van der Waals surface area contributed by atoms with Crippen molar-refractivity contribution in [3.63, 3.8) is 0 Å². The van der Waals surface area contributed by atoms with Crippen molar-refractivity contribution in [1.29, 1.82) is 0 Å². The van der Waals surface area contributed by atoms with E-state index in [4.69, 9.17) is 11.5 Å². The minimum atomic E-state index is 0.135. The molecular formula is C11H16N6. The van der Waals surface area contributed by atoms with Crippen LogP contribution in [0.25, 0.3) is 0 Å². The molecular weight excluding hydrogens is 216 g/mol. The van der Waals surface area contributed by atoms with Crippen LogP contribution in [-0.2, 0) is 0 Å². The first kappa shape index (κ1) is 11.4. The van der Waals surface area contributed by atoms with E-state index in [1.54, 1.807) is 0 Å². The van der Waals surface area contributed by atoms with Crippen molar-refractivity contribution in [2.75, 3.05) is 23.3 Å². The van der Waals surface area contributed by atoms with E-state index in [1.165, 1.54) is 11.1 Å². The molecule has 17 heavy (non-hydrogen) atoms. The summed E-state index contributed by atoms with van der Waals surface area (Å²) in [4.78, 5) is 11.6. The lowest BCUT2D eigenvalue weighted by Gasteiger charge is -2.07. The van der Waals surface area contributed by atoms with Crippen LogP contribution in [0.3, 0.4) is 0 Å². The molecule has 0 saturated heterocycles. The van der Waals surface area contributed by atoms with E-state index >= 15 is 0 Å². The van der Waals surface area contributed by atoms with Gasteiger partial charge in [-0.2, -0.15) is 15.0 Å². The van der Waals surface area contributed by atoms with Crippen LogP contribution in [0.2, 0.25) is 0 Å². The Kier molecular flexibility index (Phi) is 3.22. The number of nitrogen functional groups attached to an aromatic ring is 2. The largest absolute Gasteiger partial charge is 0.368 e. The van der Waals surface area contributed by atoms with Crippen molar-refractivity contribution in [3.8, 4) is 0 Å². The van der Waals surface area contributed by atoms with Gasteiger partial charge in [0.1, 0.15) is 0 Å². The molecule has 0 fully saturated rings. The molecule has 0 spiro atoms. The molecule has 6 nitrogen and oxygen atoms in total. The van der Waals surface area contributed by atoms with E-state index in [0.717, 1.165) is 19.4 Å². The number of aromatic nitrogens is 3. The number of anilines is 3. The zero-order chi connectivity index (χ0) is 12.3. The standard InChI is InChI=1S/C11H16N6/c1-7-3-2-4-8(7)5-6-14-11-16-9(12)15-10(13)17-11/h3-4H,2,5-6H2,1H3,(H5,12,13,14,15,16,17). The molecule has 0 aromatic carbocycles. The van der Waals surface area contributed by atoms with Gasteiger partial charge in [-0.25, -0.2) is 0 Å². The molecule has 90 valence electrons. The smallest absolute Gasteiger partial charge is 0.229 e. The average Bonchev–Trinajstić information content (AvgIpc) is 2.63. The first-order valence-corrected chi connectivity index (χ1v) is 5.52. The molecule has 1 aliphatic rings. The highest BCUT2D eigenvalue weighted by atomic mass is 15.2. The maximum Gasteiger partial charge on any atom is 0.229 e. The van der Waals surface area contributed by atoms with Crippen molar-refractivity contribution < 1.29 is 0 Å². The van der Waals surface area contributed by atoms with Crippen LogP contribution in [0.5, 0.6) is 0 Å². The third kappa shape index (κ3) is 2.93. The third-order valence-corrected chi connectivity index (χ3v) is 2.64. The zero-order valence-electron chi connectivity index (χ0n) is 9.77. The van der Waals surface area contributed by atoms with Crippen LogP contribution in [0, 0.1) is 0 Å². The predicted octanol–water partition coefficient (Wildman–Crippen LogP) is 1.11. The molecule has 0 bridgehead atoms. The molecule has 0 aliphatic heterocycles. The second-order valence-electron chi connectivity index (χ2n) is 3.90. The molecule has 1 aliphatic carbocycles. The van der Waals surface area contributed by atoms with E-state index in [-0.39, 0.29) is 11.9 Å². The SMILES string of the molecule is CC1=CCC=C1CCNc1nc(N)nc(N)n1. The van der Waals surface area contributed by atoms with Crippen LogP contribution >= 0.6 is 0 Å². The fourth-order valence-electron chi connectivity index (χ4n) is 1.77. The normalized spacial score (nSPS) is 14.4. The van der Waals surface area contributed by atoms with Gasteiger partial charge in [0.25, 0.3) is 0 Å². The molecule has 0 unspecified atom stereocenters. The average molecular weight is 232 g/mol. The van der Waals surface area contributed by atoms with Gasteiger partial charge < -0.3 is 16.8 Å². The summed E-state index contributed by atoms with van der Waals surface area (Å²) in [7, 11) is 0. The lowest BCUT2D eigenvalue weighted by Crippen LogP contribution is -2.10. The first-order valence-electron chi connectivity index (χ1n) is 5.52. The minimum absolute atomic E-state index is 0.135. The molecule has 0 saturated carbocycles. The van der Waals surface area contributed by atoms with Crippen molar-refractivity contribution in [1.82, 2.24) is 15.0 Å². The summed E-state index contributed by atoms with van der Waals surface area (Å²) in [6.07, 6.45) is 6.42. The molecule has 1 heterocycles. The Balaban J connectivity index is 1.88. The van der Waals surface area contributed by atoms with E-state index < -0.39 is 0 Å². The quantitative estimate of drug-likeness (QED) is 0.718. The highest BCUT2D eigenvalue weighted by Gasteiger charge is 2.06. The molecule has 2 rings (SSSR count). The molecule has 0 atom stereocenters. The van der Waals surface area contributed by atoms with Crippen molar-refractivity contribution in [2.24, 2.45) is 0 Å². The minimum Gasteiger partial charge on any atom is -0.368 e. The number of rotatable bonds is 4. The highest BCUT2D eigenvalue weighted by Crippen LogP contribution is 2.21. The zero-order valence-corrected chi connectivity index (χ0v) is 9.77. The van der Waals surface area contributed by atoms with Crippen LogP contribution in [0.15, 0.2) is 23.3 Å². The lowest BCUT2D eigenvalue weighted by atomic mass is 10.1. The number of nitrogens with two attached hydrogens (primary N) is 2. The summed E-state index contributed by atoms with van der Waals surface area (Å²) in [5.74, 6) is 0.697. The van der Waals surface area contributed by atoms with E-state index in [1.807, 2.05) is 0 Å². The Bertz CT molecular complexity index is 457. The van der Waals surface area contributed by atoms with Gasteiger partial charge in [0, 0.05) is 6.54 Å². The maximum atomic E-state index is 5.47. The second kappa shape index (κ2) is 4.82. The molecule has 6 heteroatoms. The van der Waals surface area contributed by atoms with Gasteiger partial charge in [-0.1, -0.05) is 17.7 Å². The maximum absolute atomic E-state index is 5.47. The van der Waals surface area contributed by atoms with Gasteiger partial charge >= 0.3 is 0 Å². The van der Waals surface area contributed by atoms with Gasteiger partial charge in [-0.15, -0.1) is 0 Å². The molecule has 0 amide bonds. The van der Waals surface area contributed by atoms with E-state index in [9.17, 15) is 0 Å². The molecule has 1 aromatic heterocycles. The summed E-state index contributed by atoms with van der Waals surface area (Å²) >= 11 is 0. The number of nitrogens with zero attached hydrogens (tertiary/aromatic N) is 3. The van der Waals surface area contributed by atoms with Crippen LogP contribution in [0.1, 0.15) is 19.8 Å². The molecule has 0 radical (unpaired) electrons. The van der Waals surface area contributed by atoms with E-state index in [0.29, 0.717) is 5.95 Å². The Hall–Kier alpha value is -2.11. The number of allylic oxidation sites excluding steroid dienone is 3. The Morgan fingerprint density at radius 3 is 2.47 bits per heavy atom. The predicted molar refractivity (Wildman–Crippen MR) is 68.2 cm³/mol. The number of nitrogens with one attached hydrogen (secondary N) is 1. The summed E-state index contributed by atoms with van der Waals surface area (Å²) in [5.41, 5.74) is 13.7. The Labute approximate surface area is 99.9 Å². The first-order chi connectivity index (χ1) is 8.15. The third-order valence-electron chi connectivity index (χ3n) is 2.64. The monoisotopic (exact) mass is 232 g/mol. The van der Waals surface area contributed by atoms with Gasteiger partial charge in [0.15, 0.2) is 0 Å². The van der Waals surface area contributed by atoms with Crippen molar-refractivity contribution >= 4 is 17.8 Å². The summed E-state index contributed by atoms with van der Waals surface area (Å²) < 4.78 is 0. The van der Waals surface area contributed by atoms with Gasteiger partial charge in [0.2, 0.25) is 17.8 Å². The lowest BCUT2D eigenvalue weighted by molar-refractivity contribution is 0.966. The van der Waals surface area contributed by atoms with Crippen LogP contribution in [-0.4, -0.2) is 21.5 Å². The second-order valence-corrected chi connectivity index (χ2v) is 3.90. The number of hydrogen-bond acceptors (Lipinski definition) is 6. The topological polar surface area (TPSA) is 103 Å². The van der Waals surface area contributed by atoms with Crippen molar-refractivity contribution in [2.45, 2.75) is 19.8 Å².